The average Bonchev–Trinajstić information content (AvgIpc) is 3.73. The minimum atomic E-state index is -1.23. The Morgan fingerprint density at radius 3 is 2.32 bits per heavy atom. The molecule has 2 aromatic heterocycles. The monoisotopic (exact) mass is 813 g/mol. The van der Waals surface area contributed by atoms with Gasteiger partial charge in [0.15, 0.2) is 5.65 Å². The number of methoxy groups -OCH3 is 2. The van der Waals surface area contributed by atoms with Gasteiger partial charge in [-0.1, -0.05) is 83.5 Å². The lowest BCUT2D eigenvalue weighted by atomic mass is 9.95. The van der Waals surface area contributed by atoms with Gasteiger partial charge in [0.2, 0.25) is 5.91 Å². The van der Waals surface area contributed by atoms with Gasteiger partial charge in [0, 0.05) is 46.0 Å². The van der Waals surface area contributed by atoms with Crippen LogP contribution in [-0.4, -0.2) is 122 Å². The van der Waals surface area contributed by atoms with Crippen molar-refractivity contribution in [2.75, 3.05) is 40.4 Å². The number of amides is 6. The highest BCUT2D eigenvalue weighted by Crippen LogP contribution is 2.24. The summed E-state index contributed by atoms with van der Waals surface area (Å²) in [5.41, 5.74) is 5.48. The molecular formula is C43H59N9O7. The number of urea groups is 2. The van der Waals surface area contributed by atoms with E-state index in [-0.39, 0.29) is 44.5 Å². The van der Waals surface area contributed by atoms with E-state index in [1.807, 2.05) is 101 Å². The van der Waals surface area contributed by atoms with E-state index in [1.165, 1.54) is 12.1 Å². The number of ether oxygens (including phenoxy) is 2. The van der Waals surface area contributed by atoms with Gasteiger partial charge < -0.3 is 34.3 Å². The summed E-state index contributed by atoms with van der Waals surface area (Å²) >= 11 is 0. The second kappa shape index (κ2) is 19.8. The fourth-order valence-corrected chi connectivity index (χ4v) is 7.19. The van der Waals surface area contributed by atoms with Crippen molar-refractivity contribution in [1.29, 1.82) is 0 Å². The van der Waals surface area contributed by atoms with Gasteiger partial charge in [-0.2, -0.15) is 0 Å². The molecule has 4 unspecified atom stereocenters. The zero-order valence-corrected chi connectivity index (χ0v) is 35.4. The minimum Gasteiger partial charge on any atom is -0.497 e. The number of nitrogens with one attached hydrogen (secondary N) is 2. The van der Waals surface area contributed by atoms with Gasteiger partial charge in [0.25, 0.3) is 0 Å². The maximum atomic E-state index is 14.6. The second-order valence-corrected chi connectivity index (χ2v) is 16.3. The number of imide groups is 1. The maximum absolute atomic E-state index is 14.6. The van der Waals surface area contributed by atoms with Crippen LogP contribution in [0.25, 0.3) is 11.2 Å². The Balaban J connectivity index is 1.39. The fourth-order valence-electron chi connectivity index (χ4n) is 7.19. The van der Waals surface area contributed by atoms with Crippen LogP contribution in [0.1, 0.15) is 58.0 Å². The normalized spacial score (nSPS) is 15.2. The zero-order chi connectivity index (χ0) is 42.9. The van der Waals surface area contributed by atoms with Gasteiger partial charge in [-0.15, -0.1) is 0 Å². The van der Waals surface area contributed by atoms with Gasteiger partial charge in [0.05, 0.1) is 32.9 Å². The molecule has 1 fully saturated rings. The number of aliphatic hydroxyl groups is 1. The lowest BCUT2D eigenvalue weighted by molar-refractivity contribution is -0.128. The zero-order valence-electron chi connectivity index (χ0n) is 35.4. The van der Waals surface area contributed by atoms with Gasteiger partial charge in [-0.3, -0.25) is 10.2 Å². The molecule has 4 aromatic rings. The predicted molar refractivity (Wildman–Crippen MR) is 223 cm³/mol. The van der Waals surface area contributed by atoms with Crippen molar-refractivity contribution in [3.8, 4) is 5.75 Å². The Hall–Kier alpha value is -5.74. The fraction of sp³-hybridized carbons (Fsp3) is 0.488. The molecule has 1 saturated heterocycles. The molecule has 3 heterocycles. The van der Waals surface area contributed by atoms with Crippen LogP contribution >= 0.6 is 0 Å². The van der Waals surface area contributed by atoms with Crippen LogP contribution < -0.4 is 15.5 Å². The summed E-state index contributed by atoms with van der Waals surface area (Å²) in [5.74, 6) is 0.722. The van der Waals surface area contributed by atoms with Crippen LogP contribution in [-0.2, 0) is 36.1 Å². The molecule has 0 bridgehead atoms. The molecule has 1 aliphatic rings. The van der Waals surface area contributed by atoms with Gasteiger partial charge in [0.1, 0.15) is 23.1 Å². The van der Waals surface area contributed by atoms with E-state index in [2.05, 4.69) is 15.7 Å². The highest BCUT2D eigenvalue weighted by Gasteiger charge is 2.41. The molecule has 5 rings (SSSR count). The molecule has 0 aliphatic carbocycles. The number of nitrogens with zero attached hydrogens (tertiary/aromatic N) is 7. The largest absolute Gasteiger partial charge is 0.497 e. The summed E-state index contributed by atoms with van der Waals surface area (Å²) in [6.45, 7) is 10.7. The Labute approximate surface area is 346 Å². The van der Waals surface area contributed by atoms with Gasteiger partial charge in [-0.25, -0.2) is 34.3 Å². The number of rotatable bonds is 17. The molecular weight excluding hydrogens is 755 g/mol. The Bertz CT molecular complexity index is 2040. The van der Waals surface area contributed by atoms with E-state index in [0.29, 0.717) is 31.1 Å². The number of imidazole rings is 1. The number of fused-ring (bicyclic) bond motifs is 1. The topological polar surface area (TPSA) is 175 Å². The highest BCUT2D eigenvalue weighted by molar-refractivity contribution is 5.91. The lowest BCUT2D eigenvalue weighted by Crippen LogP contribution is -2.59. The standard InChI is InChI=1S/C43H59N9O7/c1-9-29(2)37(51-23-22-49(41(51)56)27-36-45-33-16-13-21-44-38(33)48(36)6)39(54)46-34(24-30-14-11-10-12-15-30)35(53)26-50(25-31-17-19-32(58-7)20-18-31)47-40(55)52(42(57)59-8)28-43(3,4)5/h10-21,29,34-35,37,53H,9,22-28H2,1-8H3,(H,46,54)(H,47,55). The summed E-state index contributed by atoms with van der Waals surface area (Å²) in [5, 5.41) is 16.7. The summed E-state index contributed by atoms with van der Waals surface area (Å²) < 4.78 is 12.1. The van der Waals surface area contributed by atoms with Crippen molar-refractivity contribution in [3.63, 3.8) is 0 Å². The number of aryl methyl sites for hydroxylation is 1. The number of benzene rings is 2. The second-order valence-electron chi connectivity index (χ2n) is 16.3. The van der Waals surface area contributed by atoms with Crippen LogP contribution in [0.15, 0.2) is 72.9 Å². The number of hydrazine groups is 1. The molecule has 0 radical (unpaired) electrons. The molecule has 1 aliphatic heterocycles. The molecule has 2 aromatic carbocycles. The van der Waals surface area contributed by atoms with E-state index in [1.54, 1.807) is 35.2 Å². The number of carbonyl (C=O) groups is 4. The summed E-state index contributed by atoms with van der Waals surface area (Å²) in [6.07, 6.45) is 0.519. The third-order valence-corrected chi connectivity index (χ3v) is 10.5. The molecule has 16 nitrogen and oxygen atoms in total. The Morgan fingerprint density at radius 1 is 0.983 bits per heavy atom. The molecule has 6 amide bonds. The quantitative estimate of drug-likeness (QED) is 0.124. The van der Waals surface area contributed by atoms with Crippen molar-refractivity contribution in [2.24, 2.45) is 18.4 Å². The first-order valence-electron chi connectivity index (χ1n) is 20.0. The van der Waals surface area contributed by atoms with Crippen molar-refractivity contribution in [3.05, 3.63) is 89.9 Å². The van der Waals surface area contributed by atoms with Crippen molar-refractivity contribution in [1.82, 2.24) is 45.0 Å². The van der Waals surface area contributed by atoms with E-state index < -0.39 is 41.6 Å². The molecule has 16 heteroatoms. The van der Waals surface area contributed by atoms with Gasteiger partial charge >= 0.3 is 18.2 Å². The molecule has 59 heavy (non-hydrogen) atoms. The molecule has 318 valence electrons. The van der Waals surface area contributed by atoms with Crippen LogP contribution in [0.2, 0.25) is 0 Å². The highest BCUT2D eigenvalue weighted by atomic mass is 16.5. The maximum Gasteiger partial charge on any atom is 0.417 e. The summed E-state index contributed by atoms with van der Waals surface area (Å²) in [4.78, 5) is 68.6. The van der Waals surface area contributed by atoms with Crippen molar-refractivity contribution < 1.29 is 33.8 Å². The van der Waals surface area contributed by atoms with Crippen LogP contribution in [0.5, 0.6) is 5.75 Å². The van der Waals surface area contributed by atoms with E-state index in [9.17, 15) is 24.3 Å². The Morgan fingerprint density at radius 2 is 1.69 bits per heavy atom. The van der Waals surface area contributed by atoms with Crippen molar-refractivity contribution in [2.45, 2.75) is 78.7 Å². The van der Waals surface area contributed by atoms with E-state index in [4.69, 9.17) is 14.5 Å². The molecule has 4 atom stereocenters. The first kappa shape index (κ1) is 44.4. The van der Waals surface area contributed by atoms with Crippen molar-refractivity contribution >= 4 is 35.2 Å². The predicted octanol–water partition coefficient (Wildman–Crippen LogP) is 4.96. The summed E-state index contributed by atoms with van der Waals surface area (Å²) in [7, 11) is 4.65. The first-order valence-corrected chi connectivity index (χ1v) is 20.0. The smallest absolute Gasteiger partial charge is 0.417 e. The SMILES string of the molecule is CCC(C)C(C(=O)NC(Cc1ccccc1)C(O)CN(Cc1ccc(OC)cc1)NC(=O)N(CC(C)(C)C)C(=O)OC)N1CCN(Cc2nc3cccnc3n2C)C1=O. The minimum absolute atomic E-state index is 0.0659. The number of aliphatic hydroxyl groups excluding tert-OH is 1. The lowest BCUT2D eigenvalue weighted by Gasteiger charge is -2.35. The van der Waals surface area contributed by atoms with Crippen LogP contribution in [0.3, 0.4) is 0 Å². The molecule has 0 spiro atoms. The van der Waals surface area contributed by atoms with E-state index in [0.717, 1.165) is 27.2 Å². The molecule has 0 saturated carbocycles. The number of aromatic nitrogens is 3. The van der Waals surface area contributed by atoms with Crippen LogP contribution in [0.4, 0.5) is 14.4 Å². The first-order chi connectivity index (χ1) is 28.1. The third-order valence-electron chi connectivity index (χ3n) is 10.5. The number of hydrogen-bond donors (Lipinski definition) is 3. The number of pyridine rings is 1. The number of carbonyl (C=O) groups excluding carboxylic acids is 4. The average molecular weight is 814 g/mol. The third kappa shape index (κ3) is 11.5. The van der Waals surface area contributed by atoms with E-state index >= 15 is 0 Å². The molecule has 3 N–H and O–H groups in total. The van der Waals surface area contributed by atoms with Gasteiger partial charge in [-0.05, 0) is 53.1 Å². The summed E-state index contributed by atoms with van der Waals surface area (Å²) in [6, 6.07) is 17.7. The van der Waals surface area contributed by atoms with Crippen LogP contribution in [0, 0.1) is 11.3 Å². The Kier molecular flexibility index (Phi) is 14.9. The number of hydrogen-bond acceptors (Lipinski definition) is 10.